The Balaban J connectivity index is 2.28. The van der Waals surface area contributed by atoms with Crippen LogP contribution < -0.4 is 5.32 Å². The van der Waals surface area contributed by atoms with Crippen LogP contribution in [0.15, 0.2) is 0 Å². The van der Waals surface area contributed by atoms with Crippen molar-refractivity contribution in [1.82, 2.24) is 10.2 Å². The minimum Gasteiger partial charge on any atom is -0.450 e. The second-order valence-electron chi connectivity index (χ2n) is 3.25. The lowest BCUT2D eigenvalue weighted by Gasteiger charge is -2.30. The quantitative estimate of drug-likeness (QED) is 0.694. The highest BCUT2D eigenvalue weighted by Crippen LogP contribution is 2.10. The third kappa shape index (κ3) is 2.88. The average Bonchev–Trinajstić information content (AvgIpc) is 2.18. The van der Waals surface area contributed by atoms with E-state index in [1.165, 1.54) is 0 Å². The Kier molecular flexibility index (Phi) is 4.02. The molecule has 76 valence electrons. The zero-order valence-corrected chi connectivity index (χ0v) is 8.38. The molecule has 1 aliphatic rings. The van der Waals surface area contributed by atoms with E-state index in [4.69, 9.17) is 4.74 Å². The molecule has 1 amide bonds. The summed E-state index contributed by atoms with van der Waals surface area (Å²) in [6.07, 6.45) is 1.88. The van der Waals surface area contributed by atoms with Crippen molar-refractivity contribution in [3.05, 3.63) is 0 Å². The van der Waals surface area contributed by atoms with Crippen molar-refractivity contribution in [3.8, 4) is 0 Å². The van der Waals surface area contributed by atoms with E-state index in [1.54, 1.807) is 4.90 Å². The summed E-state index contributed by atoms with van der Waals surface area (Å²) in [4.78, 5) is 13.1. The Morgan fingerprint density at radius 1 is 1.54 bits per heavy atom. The van der Waals surface area contributed by atoms with Gasteiger partial charge in [0.15, 0.2) is 0 Å². The number of amides is 1. The molecule has 0 aliphatic carbocycles. The Morgan fingerprint density at radius 2 is 2.15 bits per heavy atom. The summed E-state index contributed by atoms with van der Waals surface area (Å²) >= 11 is 0. The number of hydrogen-bond donors (Lipinski definition) is 1. The molecule has 1 N–H and O–H groups in total. The van der Waals surface area contributed by atoms with Gasteiger partial charge in [0.1, 0.15) is 0 Å². The highest BCUT2D eigenvalue weighted by molar-refractivity contribution is 5.67. The Bertz CT molecular complexity index is 165. The normalized spacial score (nSPS) is 18.8. The van der Waals surface area contributed by atoms with E-state index in [-0.39, 0.29) is 6.09 Å². The molecular weight excluding hydrogens is 168 g/mol. The number of nitrogens with one attached hydrogen (secondary N) is 1. The highest BCUT2D eigenvalue weighted by atomic mass is 16.6. The molecule has 0 aromatic carbocycles. The molecule has 0 unspecified atom stereocenters. The summed E-state index contributed by atoms with van der Waals surface area (Å²) in [6, 6.07) is 0.561. The van der Waals surface area contributed by atoms with Crippen LogP contribution in [0.5, 0.6) is 0 Å². The lowest BCUT2D eigenvalue weighted by molar-refractivity contribution is 0.0956. The van der Waals surface area contributed by atoms with E-state index in [0.29, 0.717) is 12.6 Å². The third-order valence-electron chi connectivity index (χ3n) is 2.43. The number of carbonyl (C=O) groups excluding carboxylic acids is 1. The standard InChI is InChI=1S/C9H18N2O2/c1-3-13-9(12)11-6-4-8(10-2)5-7-11/h8,10H,3-7H2,1-2H3. The van der Waals surface area contributed by atoms with Gasteiger partial charge in [0.05, 0.1) is 6.61 Å². The van der Waals surface area contributed by atoms with Gasteiger partial charge in [-0.25, -0.2) is 4.79 Å². The van der Waals surface area contributed by atoms with Crippen molar-refractivity contribution in [1.29, 1.82) is 0 Å². The maximum absolute atomic E-state index is 11.3. The molecule has 1 rings (SSSR count). The number of nitrogens with zero attached hydrogens (tertiary/aromatic N) is 1. The average molecular weight is 186 g/mol. The van der Waals surface area contributed by atoms with Crippen LogP contribution in [0.3, 0.4) is 0 Å². The smallest absolute Gasteiger partial charge is 0.409 e. The molecule has 1 fully saturated rings. The molecule has 13 heavy (non-hydrogen) atoms. The largest absolute Gasteiger partial charge is 0.450 e. The summed E-state index contributed by atoms with van der Waals surface area (Å²) in [5, 5.41) is 3.22. The van der Waals surface area contributed by atoms with Crippen molar-refractivity contribution in [2.24, 2.45) is 0 Å². The van der Waals surface area contributed by atoms with Crippen LogP contribution in [0.4, 0.5) is 4.79 Å². The van der Waals surface area contributed by atoms with E-state index in [0.717, 1.165) is 25.9 Å². The van der Waals surface area contributed by atoms with Gasteiger partial charge in [-0.1, -0.05) is 0 Å². The van der Waals surface area contributed by atoms with Gasteiger partial charge in [-0.2, -0.15) is 0 Å². The molecule has 1 aliphatic heterocycles. The Labute approximate surface area is 79.2 Å². The fourth-order valence-corrected chi connectivity index (χ4v) is 1.57. The summed E-state index contributed by atoms with van der Waals surface area (Å²) in [5.74, 6) is 0. The minimum atomic E-state index is -0.169. The number of carbonyl (C=O) groups is 1. The Hall–Kier alpha value is -0.770. The molecule has 0 bridgehead atoms. The number of likely N-dealkylation sites (tertiary alicyclic amines) is 1. The Morgan fingerprint density at radius 3 is 2.62 bits per heavy atom. The molecule has 4 heteroatoms. The van der Waals surface area contributed by atoms with E-state index in [1.807, 2.05) is 14.0 Å². The van der Waals surface area contributed by atoms with Gasteiger partial charge in [0.25, 0.3) is 0 Å². The summed E-state index contributed by atoms with van der Waals surface area (Å²) in [7, 11) is 1.96. The zero-order chi connectivity index (χ0) is 9.68. The van der Waals surface area contributed by atoms with Crippen LogP contribution in [0.2, 0.25) is 0 Å². The van der Waals surface area contributed by atoms with Crippen LogP contribution >= 0.6 is 0 Å². The van der Waals surface area contributed by atoms with Gasteiger partial charge < -0.3 is 15.0 Å². The molecule has 0 aromatic heterocycles. The van der Waals surface area contributed by atoms with Crippen molar-refractivity contribution in [2.75, 3.05) is 26.7 Å². The SMILES string of the molecule is CCOC(=O)N1CCC(NC)CC1. The lowest BCUT2D eigenvalue weighted by atomic mass is 10.1. The molecule has 0 spiro atoms. The predicted octanol–water partition coefficient (Wildman–Crippen LogP) is 0.827. The van der Waals surface area contributed by atoms with Crippen molar-refractivity contribution in [2.45, 2.75) is 25.8 Å². The summed E-state index contributed by atoms with van der Waals surface area (Å²) in [6.45, 7) is 3.91. The molecule has 0 radical (unpaired) electrons. The first-order valence-corrected chi connectivity index (χ1v) is 4.87. The maximum atomic E-state index is 11.3. The zero-order valence-electron chi connectivity index (χ0n) is 8.38. The van der Waals surface area contributed by atoms with Crippen LogP contribution in [0, 0.1) is 0 Å². The second-order valence-corrected chi connectivity index (χ2v) is 3.25. The van der Waals surface area contributed by atoms with Gasteiger partial charge >= 0.3 is 6.09 Å². The molecule has 0 saturated carbocycles. The van der Waals surface area contributed by atoms with Gasteiger partial charge in [0, 0.05) is 19.1 Å². The summed E-state index contributed by atoms with van der Waals surface area (Å²) in [5.41, 5.74) is 0. The van der Waals surface area contributed by atoms with E-state index in [9.17, 15) is 4.79 Å². The van der Waals surface area contributed by atoms with E-state index in [2.05, 4.69) is 5.32 Å². The fraction of sp³-hybridized carbons (Fsp3) is 0.889. The van der Waals surface area contributed by atoms with Crippen molar-refractivity contribution in [3.63, 3.8) is 0 Å². The topological polar surface area (TPSA) is 41.6 Å². The first kappa shape index (κ1) is 10.3. The summed E-state index contributed by atoms with van der Waals surface area (Å²) < 4.78 is 4.92. The number of hydrogen-bond acceptors (Lipinski definition) is 3. The number of rotatable bonds is 2. The number of ether oxygens (including phenoxy) is 1. The van der Waals surface area contributed by atoms with Gasteiger partial charge in [-0.05, 0) is 26.8 Å². The molecule has 4 nitrogen and oxygen atoms in total. The monoisotopic (exact) mass is 186 g/mol. The van der Waals surface area contributed by atoms with E-state index >= 15 is 0 Å². The first-order valence-electron chi connectivity index (χ1n) is 4.87. The van der Waals surface area contributed by atoms with Gasteiger partial charge in [-0.15, -0.1) is 0 Å². The van der Waals surface area contributed by atoms with Crippen LogP contribution in [0.1, 0.15) is 19.8 Å². The van der Waals surface area contributed by atoms with Gasteiger partial charge in [0.2, 0.25) is 0 Å². The first-order chi connectivity index (χ1) is 6.27. The van der Waals surface area contributed by atoms with Crippen molar-refractivity contribution >= 4 is 6.09 Å². The highest BCUT2D eigenvalue weighted by Gasteiger charge is 2.21. The van der Waals surface area contributed by atoms with Gasteiger partial charge in [-0.3, -0.25) is 0 Å². The third-order valence-corrected chi connectivity index (χ3v) is 2.43. The van der Waals surface area contributed by atoms with E-state index < -0.39 is 0 Å². The predicted molar refractivity (Wildman–Crippen MR) is 50.7 cm³/mol. The van der Waals surface area contributed by atoms with Crippen LogP contribution in [-0.2, 0) is 4.74 Å². The lowest BCUT2D eigenvalue weighted by Crippen LogP contribution is -2.44. The molecule has 0 atom stereocenters. The second kappa shape index (κ2) is 5.07. The molecule has 1 saturated heterocycles. The minimum absolute atomic E-state index is 0.169. The van der Waals surface area contributed by atoms with Crippen LogP contribution in [0.25, 0.3) is 0 Å². The van der Waals surface area contributed by atoms with Crippen molar-refractivity contribution < 1.29 is 9.53 Å². The fourth-order valence-electron chi connectivity index (χ4n) is 1.57. The number of piperidine rings is 1. The van der Waals surface area contributed by atoms with Crippen LogP contribution in [-0.4, -0.2) is 43.8 Å². The molecular formula is C9H18N2O2. The maximum Gasteiger partial charge on any atom is 0.409 e. The molecule has 0 aromatic rings. The molecule has 1 heterocycles.